The summed E-state index contributed by atoms with van der Waals surface area (Å²) in [5.74, 6) is 0.332. The number of rotatable bonds is 4. The molecule has 0 aliphatic heterocycles. The molecule has 1 aromatic rings. The number of aryl methyl sites for hydroxylation is 1. The highest BCUT2D eigenvalue weighted by Crippen LogP contribution is 2.02. The molecular formula is C9H14N4O2. The molecule has 1 aromatic heterocycles. The minimum Gasteiger partial charge on any atom is -0.383 e. The third-order valence-corrected chi connectivity index (χ3v) is 1.73. The van der Waals surface area contributed by atoms with Crippen LogP contribution in [0.5, 0.6) is 0 Å². The molecule has 0 aliphatic carbocycles. The average molecular weight is 210 g/mol. The second kappa shape index (κ2) is 5.38. The number of carbonyl (C=O) groups is 1. The van der Waals surface area contributed by atoms with E-state index in [2.05, 4.69) is 15.3 Å². The van der Waals surface area contributed by atoms with Crippen LogP contribution in [-0.2, 0) is 9.53 Å². The Morgan fingerprint density at radius 2 is 2.20 bits per heavy atom. The van der Waals surface area contributed by atoms with Crippen LogP contribution in [0.15, 0.2) is 12.4 Å². The number of carbonyl (C=O) groups excluding carboxylic acids is 1. The molecule has 0 spiro atoms. The van der Waals surface area contributed by atoms with Crippen molar-refractivity contribution in [3.63, 3.8) is 0 Å². The van der Waals surface area contributed by atoms with Gasteiger partial charge in [0.25, 0.3) is 0 Å². The van der Waals surface area contributed by atoms with Gasteiger partial charge in [-0.2, -0.15) is 0 Å². The summed E-state index contributed by atoms with van der Waals surface area (Å²) >= 11 is 0. The lowest BCUT2D eigenvalue weighted by molar-refractivity contribution is -0.118. The molecule has 6 heteroatoms. The summed E-state index contributed by atoms with van der Waals surface area (Å²) in [4.78, 5) is 19.3. The van der Waals surface area contributed by atoms with E-state index >= 15 is 0 Å². The fourth-order valence-corrected chi connectivity index (χ4v) is 0.947. The second-order valence-corrected chi connectivity index (χ2v) is 3.07. The van der Waals surface area contributed by atoms with E-state index in [1.807, 2.05) is 0 Å². The minimum atomic E-state index is -0.684. The Hall–Kier alpha value is -1.53. The van der Waals surface area contributed by atoms with Crippen molar-refractivity contribution in [2.75, 3.05) is 19.0 Å². The van der Waals surface area contributed by atoms with Crippen LogP contribution >= 0.6 is 0 Å². The van der Waals surface area contributed by atoms with Crippen molar-refractivity contribution in [3.05, 3.63) is 18.2 Å². The first-order valence-corrected chi connectivity index (χ1v) is 4.47. The molecule has 0 saturated heterocycles. The number of ether oxygens (including phenoxy) is 1. The first-order valence-electron chi connectivity index (χ1n) is 4.47. The number of aromatic nitrogens is 2. The molecule has 0 aromatic carbocycles. The van der Waals surface area contributed by atoms with E-state index in [0.29, 0.717) is 11.5 Å². The van der Waals surface area contributed by atoms with Crippen molar-refractivity contribution in [2.24, 2.45) is 5.73 Å². The lowest BCUT2D eigenvalue weighted by Gasteiger charge is -2.10. The predicted molar refractivity (Wildman–Crippen MR) is 55.3 cm³/mol. The topological polar surface area (TPSA) is 90.1 Å². The lowest BCUT2D eigenvalue weighted by atomic mass is 10.3. The molecule has 1 rings (SSSR count). The van der Waals surface area contributed by atoms with Crippen LogP contribution in [0, 0.1) is 6.92 Å². The molecule has 1 heterocycles. The summed E-state index contributed by atoms with van der Waals surface area (Å²) in [7, 11) is 1.49. The molecule has 3 N–H and O–H groups in total. The first-order chi connectivity index (χ1) is 7.13. The van der Waals surface area contributed by atoms with Crippen molar-refractivity contribution in [1.82, 2.24) is 9.97 Å². The van der Waals surface area contributed by atoms with Gasteiger partial charge in [0.2, 0.25) is 5.91 Å². The number of nitrogens with zero attached hydrogens (tertiary/aromatic N) is 2. The van der Waals surface area contributed by atoms with E-state index in [-0.39, 0.29) is 12.5 Å². The molecule has 0 fully saturated rings. The number of hydrogen-bond donors (Lipinski definition) is 2. The van der Waals surface area contributed by atoms with Crippen molar-refractivity contribution >= 4 is 11.6 Å². The van der Waals surface area contributed by atoms with E-state index in [4.69, 9.17) is 10.5 Å². The smallest absolute Gasteiger partial charge is 0.243 e. The first kappa shape index (κ1) is 11.5. The van der Waals surface area contributed by atoms with Gasteiger partial charge in [-0.15, -0.1) is 0 Å². The third kappa shape index (κ3) is 3.61. The number of methoxy groups -OCH3 is 1. The Balaban J connectivity index is 2.54. The summed E-state index contributed by atoms with van der Waals surface area (Å²) < 4.78 is 4.76. The van der Waals surface area contributed by atoms with Crippen molar-refractivity contribution in [1.29, 1.82) is 0 Å². The standard InChI is InChI=1S/C9H14N4O2/c1-6-11-3-7(4-12-6)13-9(14)8(10)5-15-2/h3-4,8H,5,10H2,1-2H3,(H,13,14). The van der Waals surface area contributed by atoms with E-state index in [0.717, 1.165) is 0 Å². The van der Waals surface area contributed by atoms with Crippen molar-refractivity contribution in [2.45, 2.75) is 13.0 Å². The SMILES string of the molecule is COCC(N)C(=O)Nc1cnc(C)nc1. The molecule has 6 nitrogen and oxygen atoms in total. The molecule has 0 saturated carbocycles. The molecule has 1 unspecified atom stereocenters. The van der Waals surface area contributed by atoms with Gasteiger partial charge >= 0.3 is 0 Å². The van der Waals surface area contributed by atoms with Crippen LogP contribution in [0.1, 0.15) is 5.82 Å². The number of nitrogens with two attached hydrogens (primary N) is 1. The van der Waals surface area contributed by atoms with E-state index in [9.17, 15) is 4.79 Å². The van der Waals surface area contributed by atoms with Crippen molar-refractivity contribution in [3.8, 4) is 0 Å². The zero-order valence-corrected chi connectivity index (χ0v) is 8.73. The van der Waals surface area contributed by atoms with Gasteiger partial charge in [-0.25, -0.2) is 9.97 Å². The van der Waals surface area contributed by atoms with Crippen LogP contribution < -0.4 is 11.1 Å². The predicted octanol–water partition coefficient (Wildman–Crippen LogP) is -0.303. The van der Waals surface area contributed by atoms with E-state index in [1.165, 1.54) is 19.5 Å². The summed E-state index contributed by atoms with van der Waals surface area (Å²) in [6, 6.07) is -0.684. The highest BCUT2D eigenvalue weighted by molar-refractivity contribution is 5.94. The summed E-state index contributed by atoms with van der Waals surface area (Å²) in [6.45, 7) is 1.95. The van der Waals surface area contributed by atoms with Gasteiger partial charge in [0.05, 0.1) is 24.7 Å². The molecule has 15 heavy (non-hydrogen) atoms. The Morgan fingerprint density at radius 1 is 1.60 bits per heavy atom. The maximum Gasteiger partial charge on any atom is 0.243 e. The van der Waals surface area contributed by atoms with Gasteiger partial charge in [0, 0.05) is 7.11 Å². The largest absolute Gasteiger partial charge is 0.383 e. The van der Waals surface area contributed by atoms with Crippen LogP contribution in [0.25, 0.3) is 0 Å². The summed E-state index contributed by atoms with van der Waals surface area (Å²) in [6.07, 6.45) is 3.06. The average Bonchev–Trinajstić information content (AvgIpc) is 2.22. The molecule has 0 bridgehead atoms. The molecule has 0 aliphatic rings. The van der Waals surface area contributed by atoms with Crippen LogP contribution in [0.3, 0.4) is 0 Å². The maximum atomic E-state index is 11.4. The highest BCUT2D eigenvalue weighted by Gasteiger charge is 2.12. The van der Waals surface area contributed by atoms with Crippen LogP contribution in [-0.4, -0.2) is 35.6 Å². The maximum absolute atomic E-state index is 11.4. The van der Waals surface area contributed by atoms with Gasteiger partial charge in [0.1, 0.15) is 11.9 Å². The Morgan fingerprint density at radius 3 is 2.73 bits per heavy atom. The monoisotopic (exact) mass is 210 g/mol. The molecule has 0 radical (unpaired) electrons. The Bertz CT molecular complexity index is 325. The highest BCUT2D eigenvalue weighted by atomic mass is 16.5. The molecular weight excluding hydrogens is 196 g/mol. The van der Waals surface area contributed by atoms with Gasteiger partial charge in [0.15, 0.2) is 0 Å². The zero-order valence-electron chi connectivity index (χ0n) is 8.73. The summed E-state index contributed by atoms with van der Waals surface area (Å²) in [5.41, 5.74) is 6.05. The minimum absolute atomic E-state index is 0.179. The van der Waals surface area contributed by atoms with Crippen LogP contribution in [0.2, 0.25) is 0 Å². The van der Waals surface area contributed by atoms with Gasteiger partial charge in [-0.3, -0.25) is 4.79 Å². The third-order valence-electron chi connectivity index (χ3n) is 1.73. The van der Waals surface area contributed by atoms with E-state index in [1.54, 1.807) is 6.92 Å². The fraction of sp³-hybridized carbons (Fsp3) is 0.444. The number of amides is 1. The van der Waals surface area contributed by atoms with Crippen molar-refractivity contribution < 1.29 is 9.53 Å². The summed E-state index contributed by atoms with van der Waals surface area (Å²) in [5, 5.41) is 2.58. The zero-order chi connectivity index (χ0) is 11.3. The Kier molecular flexibility index (Phi) is 4.14. The molecule has 82 valence electrons. The van der Waals surface area contributed by atoms with Gasteiger partial charge < -0.3 is 15.8 Å². The number of anilines is 1. The van der Waals surface area contributed by atoms with Gasteiger partial charge in [-0.05, 0) is 6.92 Å². The second-order valence-electron chi connectivity index (χ2n) is 3.07. The van der Waals surface area contributed by atoms with E-state index < -0.39 is 6.04 Å². The normalized spacial score (nSPS) is 12.2. The quantitative estimate of drug-likeness (QED) is 0.712. The van der Waals surface area contributed by atoms with Gasteiger partial charge in [-0.1, -0.05) is 0 Å². The fourth-order valence-electron chi connectivity index (χ4n) is 0.947. The lowest BCUT2D eigenvalue weighted by Crippen LogP contribution is -2.39. The number of hydrogen-bond acceptors (Lipinski definition) is 5. The van der Waals surface area contributed by atoms with Crippen LogP contribution in [0.4, 0.5) is 5.69 Å². The molecule has 1 atom stereocenters. The molecule has 1 amide bonds. The number of nitrogens with one attached hydrogen (secondary N) is 1. The Labute approximate surface area is 87.9 Å².